The number of methoxy groups -OCH3 is 2. The summed E-state index contributed by atoms with van der Waals surface area (Å²) in [4.78, 5) is 34.6. The van der Waals surface area contributed by atoms with E-state index >= 15 is 0 Å². The smallest absolute Gasteiger partial charge is 0.234 e. The Labute approximate surface area is 194 Å². The second-order valence-corrected chi connectivity index (χ2v) is 8.11. The van der Waals surface area contributed by atoms with Gasteiger partial charge in [-0.25, -0.2) is 9.97 Å². The molecule has 9 heteroatoms. The Kier molecular flexibility index (Phi) is 6.60. The van der Waals surface area contributed by atoms with Gasteiger partial charge in [0.25, 0.3) is 0 Å². The maximum atomic E-state index is 13.2. The number of nitrogens with zero attached hydrogens (tertiary/aromatic N) is 3. The standard InChI is InChI=1S/C24H22N4O4S/c1-28-11-10-25-24(28)23(30)17-13-22(27-18-7-5-4-6-16(17)18)33-14-21(29)26-19-12-15(31-2)8-9-20(19)32-3/h4-13H,14H2,1-3H3,(H,26,29). The van der Waals surface area contributed by atoms with Crippen LogP contribution in [0.3, 0.4) is 0 Å². The maximum Gasteiger partial charge on any atom is 0.234 e. The summed E-state index contributed by atoms with van der Waals surface area (Å²) >= 11 is 1.24. The predicted molar refractivity (Wildman–Crippen MR) is 127 cm³/mol. The molecule has 0 radical (unpaired) electrons. The van der Waals surface area contributed by atoms with Crippen molar-refractivity contribution in [2.75, 3.05) is 25.3 Å². The molecule has 4 rings (SSSR count). The first-order chi connectivity index (χ1) is 16.0. The van der Waals surface area contributed by atoms with Crippen molar-refractivity contribution in [3.63, 3.8) is 0 Å². The third-order valence-electron chi connectivity index (χ3n) is 4.99. The summed E-state index contributed by atoms with van der Waals surface area (Å²) < 4.78 is 12.2. The van der Waals surface area contributed by atoms with Crippen LogP contribution in [0.25, 0.3) is 10.9 Å². The first-order valence-corrected chi connectivity index (χ1v) is 11.0. The molecule has 0 aliphatic rings. The first kappa shape index (κ1) is 22.3. The number of ether oxygens (including phenoxy) is 2. The number of ketones is 1. The number of rotatable bonds is 8. The van der Waals surface area contributed by atoms with E-state index in [4.69, 9.17) is 9.47 Å². The zero-order valence-electron chi connectivity index (χ0n) is 18.4. The van der Waals surface area contributed by atoms with Gasteiger partial charge in [0.1, 0.15) is 11.5 Å². The Morgan fingerprint density at radius 2 is 1.91 bits per heavy atom. The van der Waals surface area contributed by atoms with Crippen molar-refractivity contribution in [2.24, 2.45) is 7.05 Å². The second-order valence-electron chi connectivity index (χ2n) is 7.12. The highest BCUT2D eigenvalue weighted by Crippen LogP contribution is 2.30. The summed E-state index contributed by atoms with van der Waals surface area (Å²) in [6.45, 7) is 0. The number of aromatic nitrogens is 3. The summed E-state index contributed by atoms with van der Waals surface area (Å²) in [5.74, 6) is 1.13. The average Bonchev–Trinajstić information content (AvgIpc) is 3.27. The molecule has 0 saturated carbocycles. The Morgan fingerprint density at radius 1 is 1.09 bits per heavy atom. The zero-order chi connectivity index (χ0) is 23.4. The Morgan fingerprint density at radius 3 is 2.64 bits per heavy atom. The van der Waals surface area contributed by atoms with Gasteiger partial charge in [-0.05, 0) is 24.3 Å². The van der Waals surface area contributed by atoms with Crippen molar-refractivity contribution in [3.05, 3.63) is 72.3 Å². The van der Waals surface area contributed by atoms with E-state index in [0.717, 1.165) is 5.39 Å². The number of pyridine rings is 1. The molecule has 2 aromatic heterocycles. The molecular formula is C24H22N4O4S. The third kappa shape index (κ3) is 4.83. The number of nitrogens with one attached hydrogen (secondary N) is 1. The summed E-state index contributed by atoms with van der Waals surface area (Å²) in [6.07, 6.45) is 3.31. The molecule has 0 aliphatic heterocycles. The summed E-state index contributed by atoms with van der Waals surface area (Å²) in [5, 5.41) is 4.14. The average molecular weight is 463 g/mol. The lowest BCUT2D eigenvalue weighted by molar-refractivity contribution is -0.113. The highest BCUT2D eigenvalue weighted by atomic mass is 32.2. The maximum absolute atomic E-state index is 13.2. The molecule has 168 valence electrons. The van der Waals surface area contributed by atoms with E-state index in [1.54, 1.807) is 55.4 Å². The van der Waals surface area contributed by atoms with Gasteiger partial charge in [0.05, 0.1) is 36.2 Å². The van der Waals surface area contributed by atoms with Gasteiger partial charge in [0, 0.05) is 36.5 Å². The number of hydrogen-bond donors (Lipinski definition) is 1. The molecule has 0 bridgehead atoms. The van der Waals surface area contributed by atoms with Crippen molar-refractivity contribution in [1.82, 2.24) is 14.5 Å². The quantitative estimate of drug-likeness (QED) is 0.313. The van der Waals surface area contributed by atoms with E-state index in [-0.39, 0.29) is 17.4 Å². The highest BCUT2D eigenvalue weighted by Gasteiger charge is 2.19. The van der Waals surface area contributed by atoms with Crippen molar-refractivity contribution in [3.8, 4) is 11.5 Å². The van der Waals surface area contributed by atoms with Crippen LogP contribution in [-0.4, -0.2) is 46.2 Å². The van der Waals surface area contributed by atoms with Crippen LogP contribution in [0.2, 0.25) is 0 Å². The van der Waals surface area contributed by atoms with Gasteiger partial charge in [0.2, 0.25) is 11.7 Å². The molecule has 0 aliphatic carbocycles. The van der Waals surface area contributed by atoms with Crippen LogP contribution in [0.1, 0.15) is 16.2 Å². The number of hydrogen-bond acceptors (Lipinski definition) is 7. The van der Waals surface area contributed by atoms with Crippen LogP contribution >= 0.6 is 11.8 Å². The van der Waals surface area contributed by atoms with Crippen LogP contribution < -0.4 is 14.8 Å². The van der Waals surface area contributed by atoms with Gasteiger partial charge in [-0.1, -0.05) is 30.0 Å². The summed E-state index contributed by atoms with van der Waals surface area (Å²) in [5.41, 5.74) is 1.68. The molecular weight excluding hydrogens is 440 g/mol. The van der Waals surface area contributed by atoms with Gasteiger partial charge in [-0.2, -0.15) is 0 Å². The molecule has 33 heavy (non-hydrogen) atoms. The lowest BCUT2D eigenvalue weighted by Gasteiger charge is -2.12. The van der Waals surface area contributed by atoms with Gasteiger partial charge in [0.15, 0.2) is 5.82 Å². The fourth-order valence-corrected chi connectivity index (χ4v) is 4.07. The minimum absolute atomic E-state index is 0.0989. The zero-order valence-corrected chi connectivity index (χ0v) is 19.2. The molecule has 1 amide bonds. The number of thioether (sulfide) groups is 1. The fourth-order valence-electron chi connectivity index (χ4n) is 3.36. The SMILES string of the molecule is COc1ccc(OC)c(NC(=O)CSc2cc(C(=O)c3nccn3C)c3ccccc3n2)c1. The largest absolute Gasteiger partial charge is 0.497 e. The number of carbonyl (C=O) groups is 2. The third-order valence-corrected chi connectivity index (χ3v) is 5.90. The molecule has 2 aromatic carbocycles. The van der Waals surface area contributed by atoms with Crippen molar-refractivity contribution < 1.29 is 19.1 Å². The molecule has 0 fully saturated rings. The Balaban J connectivity index is 1.57. The Hall–Kier alpha value is -3.85. The Bertz CT molecular complexity index is 1340. The molecule has 0 unspecified atom stereocenters. The molecule has 4 aromatic rings. The van der Waals surface area contributed by atoms with Crippen LogP contribution in [0.4, 0.5) is 5.69 Å². The number of amides is 1. The molecule has 8 nitrogen and oxygen atoms in total. The monoisotopic (exact) mass is 462 g/mol. The van der Waals surface area contributed by atoms with E-state index < -0.39 is 0 Å². The number of imidazole rings is 1. The number of fused-ring (bicyclic) bond motifs is 1. The van der Waals surface area contributed by atoms with Crippen molar-refractivity contribution in [2.45, 2.75) is 5.03 Å². The summed E-state index contributed by atoms with van der Waals surface area (Å²) in [6, 6.07) is 14.3. The van der Waals surface area contributed by atoms with Crippen LogP contribution in [0, 0.1) is 0 Å². The molecule has 0 saturated heterocycles. The van der Waals surface area contributed by atoms with E-state index in [1.807, 2.05) is 24.3 Å². The van der Waals surface area contributed by atoms with E-state index in [9.17, 15) is 9.59 Å². The number of anilines is 1. The van der Waals surface area contributed by atoms with E-state index in [2.05, 4.69) is 15.3 Å². The number of aryl methyl sites for hydroxylation is 1. The van der Waals surface area contributed by atoms with Crippen molar-refractivity contribution in [1.29, 1.82) is 0 Å². The number of para-hydroxylation sites is 1. The minimum Gasteiger partial charge on any atom is -0.497 e. The lowest BCUT2D eigenvalue weighted by atomic mass is 10.1. The first-order valence-electron chi connectivity index (χ1n) is 10.1. The molecule has 0 atom stereocenters. The van der Waals surface area contributed by atoms with Crippen LogP contribution in [-0.2, 0) is 11.8 Å². The lowest BCUT2D eigenvalue weighted by Crippen LogP contribution is -2.15. The van der Waals surface area contributed by atoms with Gasteiger partial charge in [-0.15, -0.1) is 0 Å². The molecule has 1 N–H and O–H groups in total. The normalized spacial score (nSPS) is 10.8. The fraction of sp³-hybridized carbons (Fsp3) is 0.167. The van der Waals surface area contributed by atoms with E-state index in [1.165, 1.54) is 18.9 Å². The number of benzene rings is 2. The van der Waals surface area contributed by atoms with Gasteiger partial charge < -0.3 is 19.4 Å². The van der Waals surface area contributed by atoms with E-state index in [0.29, 0.717) is 39.1 Å². The minimum atomic E-state index is -0.238. The van der Waals surface area contributed by atoms with Crippen LogP contribution in [0.5, 0.6) is 11.5 Å². The molecule has 0 spiro atoms. The summed E-state index contributed by atoms with van der Waals surface area (Å²) in [7, 11) is 4.86. The number of carbonyl (C=O) groups excluding carboxylic acids is 2. The second kappa shape index (κ2) is 9.74. The predicted octanol–water partition coefficient (Wildman–Crippen LogP) is 3.95. The topological polar surface area (TPSA) is 95.3 Å². The van der Waals surface area contributed by atoms with Crippen molar-refractivity contribution >= 4 is 40.0 Å². The van der Waals surface area contributed by atoms with Crippen LogP contribution in [0.15, 0.2) is 66.0 Å². The van der Waals surface area contributed by atoms with Gasteiger partial charge in [-0.3, -0.25) is 9.59 Å². The van der Waals surface area contributed by atoms with Gasteiger partial charge >= 0.3 is 0 Å². The highest BCUT2D eigenvalue weighted by molar-refractivity contribution is 7.99. The molecule has 2 heterocycles.